The number of rotatable bonds is 2. The minimum Gasteiger partial charge on any atom is -0.367 e. The fraction of sp³-hybridized carbons (Fsp3) is 0. The van der Waals surface area contributed by atoms with Gasteiger partial charge in [-0.3, -0.25) is 0 Å². The van der Waals surface area contributed by atoms with Crippen LogP contribution >= 0.6 is 33.9 Å². The van der Waals surface area contributed by atoms with Gasteiger partial charge in [-0.25, -0.2) is 0 Å². The zero-order valence-electron chi connectivity index (χ0n) is 9.26. The molecule has 2 heterocycles. The molecule has 0 atom stereocenters. The predicted octanol–water partition coefficient (Wildman–Crippen LogP) is 4.26. The summed E-state index contributed by atoms with van der Waals surface area (Å²) in [7, 11) is 0. The second-order valence-electron chi connectivity index (χ2n) is 3.76. The number of anilines is 1. The molecule has 0 saturated carbocycles. The van der Waals surface area contributed by atoms with Crippen molar-refractivity contribution in [3.8, 4) is 21.7 Å². The van der Waals surface area contributed by atoms with Crippen molar-refractivity contribution in [3.05, 3.63) is 45.3 Å². The molecule has 0 aliphatic heterocycles. The maximum atomic E-state index is 5.88. The van der Waals surface area contributed by atoms with Gasteiger partial charge in [0.1, 0.15) is 5.69 Å². The van der Waals surface area contributed by atoms with Crippen molar-refractivity contribution in [2.24, 2.45) is 0 Å². The first-order chi connectivity index (χ1) is 8.75. The highest BCUT2D eigenvalue weighted by Crippen LogP contribution is 2.38. The first kappa shape index (κ1) is 11.7. The van der Waals surface area contributed by atoms with Crippen LogP contribution in [-0.4, -0.2) is 5.16 Å². The lowest BCUT2D eigenvalue weighted by Crippen LogP contribution is -1.86. The zero-order chi connectivity index (χ0) is 12.5. The van der Waals surface area contributed by atoms with Gasteiger partial charge in [0.05, 0.1) is 5.56 Å². The van der Waals surface area contributed by atoms with Gasteiger partial charge in [-0.1, -0.05) is 23.4 Å². The average molecular weight is 368 g/mol. The van der Waals surface area contributed by atoms with E-state index < -0.39 is 0 Å². The third-order valence-corrected chi connectivity index (χ3v) is 4.14. The lowest BCUT2D eigenvalue weighted by molar-refractivity contribution is 0.439. The van der Waals surface area contributed by atoms with Crippen molar-refractivity contribution in [1.29, 1.82) is 0 Å². The number of nitrogens with zero attached hydrogens (tertiary/aromatic N) is 1. The van der Waals surface area contributed by atoms with Crippen LogP contribution in [0.15, 0.2) is 46.3 Å². The molecular weight excluding hydrogens is 359 g/mol. The highest BCUT2D eigenvalue weighted by Gasteiger charge is 2.18. The smallest absolute Gasteiger partial charge is 0.231 e. The minimum atomic E-state index is 0.367. The quantitative estimate of drug-likeness (QED) is 0.688. The molecule has 5 heteroatoms. The van der Waals surface area contributed by atoms with Crippen molar-refractivity contribution in [1.82, 2.24) is 5.16 Å². The van der Waals surface area contributed by atoms with Gasteiger partial charge in [0.2, 0.25) is 5.88 Å². The second-order valence-corrected chi connectivity index (χ2v) is 5.95. The van der Waals surface area contributed by atoms with E-state index in [1.165, 1.54) is 0 Å². The molecule has 0 unspecified atom stereocenters. The molecule has 3 nitrogen and oxygen atoms in total. The van der Waals surface area contributed by atoms with Crippen LogP contribution < -0.4 is 5.73 Å². The SMILES string of the molecule is Nc1onc(-c2cccc(I)c2)c1-c1cccs1. The summed E-state index contributed by atoms with van der Waals surface area (Å²) in [5, 5.41) is 6.10. The summed E-state index contributed by atoms with van der Waals surface area (Å²) in [6.45, 7) is 0. The number of hydrogen-bond donors (Lipinski definition) is 1. The molecule has 2 aromatic heterocycles. The van der Waals surface area contributed by atoms with Crippen LogP contribution in [0.3, 0.4) is 0 Å². The highest BCUT2D eigenvalue weighted by atomic mass is 127. The summed E-state index contributed by atoms with van der Waals surface area (Å²) >= 11 is 3.90. The van der Waals surface area contributed by atoms with Gasteiger partial charge in [0.25, 0.3) is 0 Å². The summed E-state index contributed by atoms with van der Waals surface area (Å²) in [6.07, 6.45) is 0. The van der Waals surface area contributed by atoms with Crippen LogP contribution in [0.4, 0.5) is 5.88 Å². The maximum Gasteiger partial charge on any atom is 0.231 e. The summed E-state index contributed by atoms with van der Waals surface area (Å²) in [6, 6.07) is 12.1. The Balaban J connectivity index is 2.20. The van der Waals surface area contributed by atoms with Crippen molar-refractivity contribution in [2.75, 3.05) is 5.73 Å². The third-order valence-electron chi connectivity index (χ3n) is 2.58. The van der Waals surface area contributed by atoms with Crippen LogP contribution in [0, 0.1) is 3.57 Å². The first-order valence-corrected chi connectivity index (χ1v) is 7.26. The Hall–Kier alpha value is -1.34. The number of thiophene rings is 1. The molecule has 0 saturated heterocycles. The van der Waals surface area contributed by atoms with E-state index in [4.69, 9.17) is 10.3 Å². The van der Waals surface area contributed by atoms with Gasteiger partial charge in [-0.2, -0.15) is 0 Å². The fourth-order valence-corrected chi connectivity index (χ4v) is 3.11. The number of benzene rings is 1. The van der Waals surface area contributed by atoms with Crippen LogP contribution in [0.5, 0.6) is 0 Å². The van der Waals surface area contributed by atoms with Crippen LogP contribution in [0.2, 0.25) is 0 Å². The van der Waals surface area contributed by atoms with Gasteiger partial charge in [0, 0.05) is 14.0 Å². The van der Waals surface area contributed by atoms with E-state index in [0.29, 0.717) is 5.88 Å². The number of halogens is 1. The summed E-state index contributed by atoms with van der Waals surface area (Å²) in [4.78, 5) is 1.07. The highest BCUT2D eigenvalue weighted by molar-refractivity contribution is 14.1. The van der Waals surface area contributed by atoms with Crippen molar-refractivity contribution >= 4 is 39.8 Å². The van der Waals surface area contributed by atoms with Gasteiger partial charge in [-0.05, 0) is 46.2 Å². The molecule has 3 rings (SSSR count). The summed E-state index contributed by atoms with van der Waals surface area (Å²) in [5.74, 6) is 0.367. The fourth-order valence-electron chi connectivity index (χ4n) is 1.79. The average Bonchev–Trinajstić information content (AvgIpc) is 2.97. The minimum absolute atomic E-state index is 0.367. The van der Waals surface area contributed by atoms with E-state index in [1.54, 1.807) is 11.3 Å². The molecular formula is C13H9IN2OS. The van der Waals surface area contributed by atoms with E-state index in [0.717, 1.165) is 25.3 Å². The Kier molecular flexibility index (Phi) is 3.09. The molecule has 0 aliphatic carbocycles. The monoisotopic (exact) mass is 368 g/mol. The molecule has 18 heavy (non-hydrogen) atoms. The summed E-state index contributed by atoms with van der Waals surface area (Å²) in [5.41, 5.74) is 8.58. The van der Waals surface area contributed by atoms with Gasteiger partial charge in [-0.15, -0.1) is 11.3 Å². The molecule has 3 aromatic rings. The first-order valence-electron chi connectivity index (χ1n) is 5.30. The Labute approximate surface area is 122 Å². The Bertz CT molecular complexity index is 676. The van der Waals surface area contributed by atoms with E-state index in [9.17, 15) is 0 Å². The Morgan fingerprint density at radius 2 is 2.11 bits per heavy atom. The molecule has 0 amide bonds. The molecule has 0 fully saturated rings. The number of nitrogen functional groups attached to an aromatic ring is 1. The van der Waals surface area contributed by atoms with Crippen molar-refractivity contribution < 1.29 is 4.52 Å². The zero-order valence-corrected chi connectivity index (χ0v) is 12.2. The largest absolute Gasteiger partial charge is 0.367 e. The number of hydrogen-bond acceptors (Lipinski definition) is 4. The molecule has 0 aliphatic rings. The third kappa shape index (κ3) is 2.04. The topological polar surface area (TPSA) is 52.0 Å². The van der Waals surface area contributed by atoms with E-state index >= 15 is 0 Å². The lowest BCUT2D eigenvalue weighted by atomic mass is 10.1. The van der Waals surface area contributed by atoms with Crippen molar-refractivity contribution in [2.45, 2.75) is 0 Å². The number of nitrogens with two attached hydrogens (primary N) is 1. The van der Waals surface area contributed by atoms with Crippen LogP contribution in [0.25, 0.3) is 21.7 Å². The summed E-state index contributed by atoms with van der Waals surface area (Å²) < 4.78 is 6.30. The van der Waals surface area contributed by atoms with Gasteiger partial charge in [0.15, 0.2) is 0 Å². The van der Waals surface area contributed by atoms with Gasteiger partial charge < -0.3 is 10.3 Å². The molecule has 90 valence electrons. The van der Waals surface area contributed by atoms with Crippen LogP contribution in [-0.2, 0) is 0 Å². The Morgan fingerprint density at radius 1 is 1.22 bits per heavy atom. The Morgan fingerprint density at radius 3 is 2.83 bits per heavy atom. The van der Waals surface area contributed by atoms with Crippen molar-refractivity contribution in [3.63, 3.8) is 0 Å². The van der Waals surface area contributed by atoms with E-state index in [1.807, 2.05) is 35.7 Å². The predicted molar refractivity (Wildman–Crippen MR) is 82.4 cm³/mol. The molecule has 0 spiro atoms. The van der Waals surface area contributed by atoms with Gasteiger partial charge >= 0.3 is 0 Å². The van der Waals surface area contributed by atoms with E-state index in [-0.39, 0.29) is 0 Å². The van der Waals surface area contributed by atoms with E-state index in [2.05, 4.69) is 33.8 Å². The number of aromatic nitrogens is 1. The molecule has 0 bridgehead atoms. The molecule has 0 radical (unpaired) electrons. The molecule has 2 N–H and O–H groups in total. The maximum absolute atomic E-state index is 5.88. The lowest BCUT2D eigenvalue weighted by Gasteiger charge is -2.00. The van der Waals surface area contributed by atoms with Crippen LogP contribution in [0.1, 0.15) is 0 Å². The second kappa shape index (κ2) is 4.74. The standard InChI is InChI=1S/C13H9IN2OS/c14-9-4-1-3-8(7-9)12-11(13(15)17-16-12)10-5-2-6-18-10/h1-7H,15H2. The molecule has 1 aromatic carbocycles. The normalized spacial score (nSPS) is 10.7.